The molecular weight excluding hydrogens is 236 g/mol. The first-order chi connectivity index (χ1) is 9.04. The zero-order valence-electron chi connectivity index (χ0n) is 11.5. The Morgan fingerprint density at radius 3 is 3.00 bits per heavy atom. The van der Waals surface area contributed by atoms with Crippen LogP contribution < -0.4 is 11.3 Å². The average Bonchev–Trinajstić information content (AvgIpc) is 2.41. The summed E-state index contributed by atoms with van der Waals surface area (Å²) in [6.45, 7) is 4.22. The first-order valence-corrected chi connectivity index (χ1v) is 6.90. The maximum Gasteiger partial charge on any atom is 0.248 e. The van der Waals surface area contributed by atoms with Gasteiger partial charge in [0.1, 0.15) is 0 Å². The molecule has 100 valence electrons. The maximum atomic E-state index is 11.5. The van der Waals surface area contributed by atoms with Crippen LogP contribution in [0.4, 0.5) is 0 Å². The number of aromatic amines is 1. The Kier molecular flexibility index (Phi) is 2.75. The Labute approximate surface area is 113 Å². The minimum Gasteiger partial charge on any atom is -0.326 e. The molecule has 2 bridgehead atoms. The molecule has 0 radical (unpaired) electrons. The maximum absolute atomic E-state index is 11.5. The lowest BCUT2D eigenvalue weighted by molar-refractivity contribution is 0.450. The van der Waals surface area contributed by atoms with E-state index in [0.717, 1.165) is 30.5 Å². The van der Waals surface area contributed by atoms with Gasteiger partial charge in [-0.25, -0.2) is 0 Å². The summed E-state index contributed by atoms with van der Waals surface area (Å²) in [5.41, 5.74) is 11.0. The molecule has 2 atom stereocenters. The Bertz CT molecular complexity index is 638. The van der Waals surface area contributed by atoms with Crippen LogP contribution in [0.15, 0.2) is 40.2 Å². The van der Waals surface area contributed by atoms with Crippen LogP contribution in [0.3, 0.4) is 0 Å². The molecule has 1 aromatic heterocycles. The number of nitrogens with one attached hydrogen (secondary N) is 1. The van der Waals surface area contributed by atoms with Gasteiger partial charge in [-0.2, -0.15) is 0 Å². The summed E-state index contributed by atoms with van der Waals surface area (Å²) >= 11 is 0. The highest BCUT2D eigenvalue weighted by atomic mass is 16.1. The molecule has 2 aliphatic carbocycles. The van der Waals surface area contributed by atoms with Gasteiger partial charge < -0.3 is 10.7 Å². The second-order valence-electron chi connectivity index (χ2n) is 5.77. The van der Waals surface area contributed by atoms with Crippen LogP contribution in [0.1, 0.15) is 37.9 Å². The van der Waals surface area contributed by atoms with Gasteiger partial charge in [0.05, 0.1) is 5.54 Å². The molecule has 0 aliphatic heterocycles. The normalized spacial score (nSPS) is 31.6. The van der Waals surface area contributed by atoms with E-state index in [0.29, 0.717) is 5.92 Å². The molecule has 0 aromatic carbocycles. The monoisotopic (exact) mass is 256 g/mol. The van der Waals surface area contributed by atoms with Crippen LogP contribution in [-0.2, 0) is 12.0 Å². The van der Waals surface area contributed by atoms with E-state index in [1.165, 1.54) is 11.1 Å². The molecule has 3 heteroatoms. The van der Waals surface area contributed by atoms with Gasteiger partial charge in [0, 0.05) is 17.7 Å². The fourth-order valence-electron chi connectivity index (χ4n) is 3.76. The fourth-order valence-corrected chi connectivity index (χ4v) is 3.76. The molecule has 1 unspecified atom stereocenters. The molecule has 3 nitrogen and oxygen atoms in total. The lowest BCUT2D eigenvalue weighted by Crippen LogP contribution is -2.43. The average molecular weight is 256 g/mol. The highest BCUT2D eigenvalue weighted by molar-refractivity contribution is 5.46. The van der Waals surface area contributed by atoms with Crippen LogP contribution in [-0.4, -0.2) is 4.98 Å². The molecule has 3 rings (SSSR count). The Balaban J connectivity index is 2.28. The minimum absolute atomic E-state index is 0.0366. The molecule has 2 aliphatic rings. The molecule has 3 N–H and O–H groups in total. The van der Waals surface area contributed by atoms with Crippen LogP contribution in [0.25, 0.3) is 0 Å². The summed E-state index contributed by atoms with van der Waals surface area (Å²) in [6.07, 6.45) is 7.24. The molecular formula is C16H20N2O. The third kappa shape index (κ3) is 1.80. The van der Waals surface area contributed by atoms with Crippen LogP contribution in [0.2, 0.25) is 0 Å². The number of rotatable bonds is 0. The molecule has 0 spiro atoms. The van der Waals surface area contributed by atoms with Crippen molar-refractivity contribution < 1.29 is 0 Å². The number of fused-ring (bicyclic) bond motifs is 4. The van der Waals surface area contributed by atoms with Crippen molar-refractivity contribution in [3.05, 3.63) is 57.0 Å². The number of hydrogen-bond acceptors (Lipinski definition) is 2. The van der Waals surface area contributed by atoms with Gasteiger partial charge >= 0.3 is 0 Å². The van der Waals surface area contributed by atoms with Gasteiger partial charge in [-0.1, -0.05) is 17.7 Å². The highest BCUT2D eigenvalue weighted by Crippen LogP contribution is 2.46. The second kappa shape index (κ2) is 4.20. The van der Waals surface area contributed by atoms with E-state index in [1.807, 2.05) is 6.07 Å². The topological polar surface area (TPSA) is 58.9 Å². The van der Waals surface area contributed by atoms with Crippen molar-refractivity contribution in [1.82, 2.24) is 4.98 Å². The lowest BCUT2D eigenvalue weighted by atomic mass is 9.70. The zero-order valence-corrected chi connectivity index (χ0v) is 11.5. The van der Waals surface area contributed by atoms with E-state index in [9.17, 15) is 4.79 Å². The molecule has 0 saturated heterocycles. The minimum atomic E-state index is -0.450. The quantitative estimate of drug-likeness (QED) is 0.700. The zero-order chi connectivity index (χ0) is 13.6. The van der Waals surface area contributed by atoms with Gasteiger partial charge in [-0.3, -0.25) is 4.79 Å². The number of allylic oxidation sites excluding steroid dienone is 2. The SMILES string of the molecule is CC=C1C2C=C(C)C[C@]1(N)c1ccc(=O)[nH]c1CC2. The van der Waals surface area contributed by atoms with Gasteiger partial charge in [0.25, 0.3) is 0 Å². The van der Waals surface area contributed by atoms with Gasteiger partial charge in [-0.05, 0) is 50.3 Å². The second-order valence-corrected chi connectivity index (χ2v) is 5.77. The number of pyridine rings is 1. The van der Waals surface area contributed by atoms with Crippen molar-refractivity contribution >= 4 is 0 Å². The van der Waals surface area contributed by atoms with Crippen molar-refractivity contribution in [2.75, 3.05) is 0 Å². The Morgan fingerprint density at radius 2 is 2.26 bits per heavy atom. The highest BCUT2D eigenvalue weighted by Gasteiger charge is 2.41. The molecule has 0 fully saturated rings. The lowest BCUT2D eigenvalue weighted by Gasteiger charge is -2.39. The summed E-state index contributed by atoms with van der Waals surface area (Å²) in [7, 11) is 0. The number of H-pyrrole nitrogens is 1. The summed E-state index contributed by atoms with van der Waals surface area (Å²) in [4.78, 5) is 14.5. The standard InChI is InChI=1S/C16H20N2O/c1-3-12-11-4-6-14-13(5-7-15(19)18-14)16(12,17)9-10(2)8-11/h3,5,7-8,11H,4,6,9,17H2,1-2H3,(H,18,19)/t11?,16-/m1/s1. The smallest absolute Gasteiger partial charge is 0.248 e. The van der Waals surface area contributed by atoms with E-state index in [-0.39, 0.29) is 5.56 Å². The number of aryl methyl sites for hydroxylation is 1. The fraction of sp³-hybridized carbons (Fsp3) is 0.438. The van der Waals surface area contributed by atoms with Gasteiger partial charge in [-0.15, -0.1) is 0 Å². The van der Waals surface area contributed by atoms with Crippen molar-refractivity contribution in [3.8, 4) is 0 Å². The van der Waals surface area contributed by atoms with Gasteiger partial charge in [0.15, 0.2) is 0 Å². The van der Waals surface area contributed by atoms with E-state index in [4.69, 9.17) is 5.73 Å². The molecule has 19 heavy (non-hydrogen) atoms. The van der Waals surface area contributed by atoms with Crippen LogP contribution in [0.5, 0.6) is 0 Å². The van der Waals surface area contributed by atoms with E-state index >= 15 is 0 Å². The molecule has 0 amide bonds. The van der Waals surface area contributed by atoms with E-state index < -0.39 is 5.54 Å². The van der Waals surface area contributed by atoms with Gasteiger partial charge in [0.2, 0.25) is 5.56 Å². The van der Waals surface area contributed by atoms with Crippen LogP contribution >= 0.6 is 0 Å². The van der Waals surface area contributed by atoms with E-state index in [2.05, 4.69) is 31.0 Å². The van der Waals surface area contributed by atoms with Crippen molar-refractivity contribution in [2.24, 2.45) is 11.7 Å². The van der Waals surface area contributed by atoms with E-state index in [1.54, 1.807) is 6.07 Å². The summed E-state index contributed by atoms with van der Waals surface area (Å²) in [6, 6.07) is 3.51. The predicted molar refractivity (Wildman–Crippen MR) is 76.9 cm³/mol. The molecule has 0 saturated carbocycles. The summed E-state index contributed by atoms with van der Waals surface area (Å²) in [5, 5.41) is 0. The number of aromatic nitrogens is 1. The van der Waals surface area contributed by atoms with Crippen molar-refractivity contribution in [3.63, 3.8) is 0 Å². The number of hydrogen-bond donors (Lipinski definition) is 2. The first-order valence-electron chi connectivity index (χ1n) is 6.90. The Morgan fingerprint density at radius 1 is 1.47 bits per heavy atom. The summed E-state index contributed by atoms with van der Waals surface area (Å²) in [5.74, 6) is 0.402. The van der Waals surface area contributed by atoms with Crippen molar-refractivity contribution in [1.29, 1.82) is 0 Å². The molecule has 1 aromatic rings. The first kappa shape index (κ1) is 12.4. The third-order valence-corrected chi connectivity index (χ3v) is 4.46. The molecule has 1 heterocycles. The van der Waals surface area contributed by atoms with Crippen molar-refractivity contribution in [2.45, 2.75) is 38.6 Å². The Hall–Kier alpha value is -1.61. The summed E-state index contributed by atoms with van der Waals surface area (Å²) < 4.78 is 0. The number of nitrogens with two attached hydrogens (primary N) is 1. The largest absolute Gasteiger partial charge is 0.326 e. The predicted octanol–water partition coefficient (Wildman–Crippen LogP) is 2.39. The third-order valence-electron chi connectivity index (χ3n) is 4.46. The van der Waals surface area contributed by atoms with Crippen LogP contribution in [0, 0.1) is 5.92 Å².